The van der Waals surface area contributed by atoms with Crippen molar-refractivity contribution in [3.8, 4) is 0 Å². The van der Waals surface area contributed by atoms with Crippen LogP contribution in [0.4, 0.5) is 5.82 Å². The van der Waals surface area contributed by atoms with Crippen LogP contribution in [0.5, 0.6) is 0 Å². The fourth-order valence-electron chi connectivity index (χ4n) is 0.925. The van der Waals surface area contributed by atoms with Crippen LogP contribution in [-0.2, 0) is 0 Å². The second-order valence-electron chi connectivity index (χ2n) is 2.64. The van der Waals surface area contributed by atoms with Crippen LogP contribution in [-0.4, -0.2) is 23.0 Å². The average Bonchev–Trinajstić information content (AvgIpc) is 2.18. The molecule has 0 radical (unpaired) electrons. The highest BCUT2D eigenvalue weighted by molar-refractivity contribution is 9.10. The van der Waals surface area contributed by atoms with Crippen molar-refractivity contribution in [3.63, 3.8) is 0 Å². The maximum atomic E-state index is 4.27. The van der Waals surface area contributed by atoms with E-state index in [1.54, 1.807) is 0 Å². The van der Waals surface area contributed by atoms with Gasteiger partial charge in [0.05, 0.1) is 0 Å². The number of pyridine rings is 1. The molecular weight excluding hydrogens is 260 g/mol. The molecule has 76 valence electrons. The second kappa shape index (κ2) is 6.90. The summed E-state index contributed by atoms with van der Waals surface area (Å²) in [5.74, 6) is 2.99. The van der Waals surface area contributed by atoms with Gasteiger partial charge in [-0.3, -0.25) is 0 Å². The quantitative estimate of drug-likeness (QED) is 0.489. The summed E-state index contributed by atoms with van der Waals surface area (Å²) in [6.45, 7) is 4.60. The largest absolute Gasteiger partial charge is 0.369 e. The van der Waals surface area contributed by atoms with Gasteiger partial charge in [0.2, 0.25) is 0 Å². The van der Waals surface area contributed by atoms with E-state index in [9.17, 15) is 0 Å². The molecule has 0 fully saturated rings. The lowest BCUT2D eigenvalue weighted by molar-refractivity contribution is 1.16. The fourth-order valence-corrected chi connectivity index (χ4v) is 1.85. The van der Waals surface area contributed by atoms with Crippen LogP contribution in [0.1, 0.15) is 0 Å². The van der Waals surface area contributed by atoms with E-state index >= 15 is 0 Å². The molecule has 1 aromatic heterocycles. The summed E-state index contributed by atoms with van der Waals surface area (Å²) in [7, 11) is 0. The van der Waals surface area contributed by atoms with E-state index in [0.29, 0.717) is 0 Å². The Kier molecular flexibility index (Phi) is 5.71. The molecule has 0 saturated carbocycles. The van der Waals surface area contributed by atoms with Gasteiger partial charge in [-0.2, -0.15) is 11.8 Å². The van der Waals surface area contributed by atoms with Crippen molar-refractivity contribution in [2.24, 2.45) is 0 Å². The minimum atomic E-state index is 0.862. The predicted molar refractivity (Wildman–Crippen MR) is 67.9 cm³/mol. The average molecular weight is 273 g/mol. The summed E-state index contributed by atoms with van der Waals surface area (Å²) in [5.41, 5.74) is 0. The molecule has 0 atom stereocenters. The lowest BCUT2D eigenvalue weighted by Gasteiger charge is -2.04. The Morgan fingerprint density at radius 2 is 2.43 bits per heavy atom. The minimum absolute atomic E-state index is 0.862. The first-order chi connectivity index (χ1) is 6.83. The van der Waals surface area contributed by atoms with Gasteiger partial charge in [0.15, 0.2) is 0 Å². The highest BCUT2D eigenvalue weighted by Crippen LogP contribution is 2.10. The van der Waals surface area contributed by atoms with Crippen molar-refractivity contribution >= 4 is 33.5 Å². The van der Waals surface area contributed by atoms with Crippen LogP contribution in [0.3, 0.4) is 0 Å². The minimum Gasteiger partial charge on any atom is -0.369 e. The van der Waals surface area contributed by atoms with Crippen molar-refractivity contribution < 1.29 is 0 Å². The Hall–Kier alpha value is -0.480. The summed E-state index contributed by atoms with van der Waals surface area (Å²) in [4.78, 5) is 4.27. The molecule has 1 rings (SSSR count). The third-order valence-corrected chi connectivity index (χ3v) is 2.91. The highest BCUT2D eigenvalue weighted by Gasteiger charge is 1.93. The molecule has 2 nitrogen and oxygen atoms in total. The van der Waals surface area contributed by atoms with Crippen molar-refractivity contribution in [1.29, 1.82) is 0 Å². The maximum absolute atomic E-state index is 4.27. The second-order valence-corrected chi connectivity index (χ2v) is 4.60. The number of hydrogen-bond acceptors (Lipinski definition) is 3. The zero-order valence-corrected chi connectivity index (χ0v) is 10.3. The molecule has 0 aliphatic heterocycles. The van der Waals surface area contributed by atoms with Crippen molar-refractivity contribution in [2.75, 3.05) is 23.4 Å². The van der Waals surface area contributed by atoms with Crippen LogP contribution >= 0.6 is 27.7 Å². The molecule has 1 aromatic rings. The monoisotopic (exact) mass is 272 g/mol. The van der Waals surface area contributed by atoms with Crippen molar-refractivity contribution in [1.82, 2.24) is 4.98 Å². The summed E-state index contributed by atoms with van der Waals surface area (Å²) >= 11 is 5.18. The number of hydrogen-bond donors (Lipinski definition) is 1. The Labute approximate surface area is 97.3 Å². The number of halogens is 1. The number of aromatic nitrogens is 1. The SMILES string of the molecule is C=CCSCCNc1cccc(Br)n1. The third kappa shape index (κ3) is 4.67. The van der Waals surface area contributed by atoms with Gasteiger partial charge in [-0.05, 0) is 28.1 Å². The predicted octanol–water partition coefficient (Wildman–Crippen LogP) is 3.18. The lowest BCUT2D eigenvalue weighted by atomic mass is 10.4. The van der Waals surface area contributed by atoms with E-state index < -0.39 is 0 Å². The number of nitrogens with one attached hydrogen (secondary N) is 1. The first-order valence-electron chi connectivity index (χ1n) is 4.38. The Bertz CT molecular complexity index is 291. The van der Waals surface area contributed by atoms with Crippen LogP contribution in [0.15, 0.2) is 35.5 Å². The van der Waals surface area contributed by atoms with E-state index in [1.807, 2.05) is 36.0 Å². The van der Waals surface area contributed by atoms with Gasteiger partial charge in [-0.1, -0.05) is 12.1 Å². The smallest absolute Gasteiger partial charge is 0.127 e. The zero-order valence-electron chi connectivity index (χ0n) is 7.87. The molecule has 0 bridgehead atoms. The van der Waals surface area contributed by atoms with E-state index in [-0.39, 0.29) is 0 Å². The Morgan fingerprint density at radius 3 is 3.14 bits per heavy atom. The molecular formula is C10H13BrN2S. The molecule has 0 spiro atoms. The van der Waals surface area contributed by atoms with E-state index in [1.165, 1.54) is 0 Å². The van der Waals surface area contributed by atoms with Gasteiger partial charge in [0.1, 0.15) is 10.4 Å². The van der Waals surface area contributed by atoms with E-state index in [4.69, 9.17) is 0 Å². The van der Waals surface area contributed by atoms with Gasteiger partial charge >= 0.3 is 0 Å². The number of anilines is 1. The van der Waals surface area contributed by atoms with Gasteiger partial charge < -0.3 is 5.32 Å². The van der Waals surface area contributed by atoms with Gasteiger partial charge in [0, 0.05) is 18.1 Å². The van der Waals surface area contributed by atoms with Crippen LogP contribution in [0, 0.1) is 0 Å². The molecule has 0 unspecified atom stereocenters. The van der Waals surface area contributed by atoms with Crippen LogP contribution in [0.2, 0.25) is 0 Å². The normalized spacial score (nSPS) is 9.79. The van der Waals surface area contributed by atoms with Crippen molar-refractivity contribution in [2.45, 2.75) is 0 Å². The molecule has 4 heteroatoms. The lowest BCUT2D eigenvalue weighted by Crippen LogP contribution is -2.05. The van der Waals surface area contributed by atoms with E-state index in [0.717, 1.165) is 28.5 Å². The molecule has 0 aliphatic carbocycles. The molecule has 0 saturated heterocycles. The zero-order chi connectivity index (χ0) is 10.2. The van der Waals surface area contributed by atoms with Crippen LogP contribution in [0.25, 0.3) is 0 Å². The number of thioether (sulfide) groups is 1. The molecule has 0 aliphatic rings. The topological polar surface area (TPSA) is 24.9 Å². The van der Waals surface area contributed by atoms with Gasteiger partial charge in [-0.15, -0.1) is 6.58 Å². The first-order valence-corrected chi connectivity index (χ1v) is 6.33. The molecule has 14 heavy (non-hydrogen) atoms. The molecule has 1 heterocycles. The van der Waals surface area contributed by atoms with Gasteiger partial charge in [0.25, 0.3) is 0 Å². The van der Waals surface area contributed by atoms with Crippen molar-refractivity contribution in [3.05, 3.63) is 35.5 Å². The fraction of sp³-hybridized carbons (Fsp3) is 0.300. The van der Waals surface area contributed by atoms with Gasteiger partial charge in [-0.25, -0.2) is 4.98 Å². The number of rotatable bonds is 6. The Balaban J connectivity index is 2.21. The first kappa shape index (κ1) is 11.6. The summed E-state index contributed by atoms with van der Waals surface area (Å²) < 4.78 is 0.862. The summed E-state index contributed by atoms with van der Waals surface area (Å²) in [6, 6.07) is 5.84. The molecule has 0 amide bonds. The Morgan fingerprint density at radius 1 is 1.57 bits per heavy atom. The summed E-state index contributed by atoms with van der Waals surface area (Å²) in [6.07, 6.45) is 1.92. The standard InChI is InChI=1S/C10H13BrN2S/c1-2-7-14-8-6-12-10-5-3-4-9(11)13-10/h2-5H,1,6-8H2,(H,12,13). The molecule has 1 N–H and O–H groups in total. The summed E-state index contributed by atoms with van der Waals surface area (Å²) in [5, 5.41) is 3.25. The third-order valence-electron chi connectivity index (χ3n) is 1.50. The van der Waals surface area contributed by atoms with Crippen LogP contribution < -0.4 is 5.32 Å². The van der Waals surface area contributed by atoms with E-state index in [2.05, 4.69) is 32.8 Å². The number of nitrogens with zero attached hydrogens (tertiary/aromatic N) is 1. The molecule has 0 aromatic carbocycles. The maximum Gasteiger partial charge on any atom is 0.127 e. The highest BCUT2D eigenvalue weighted by atomic mass is 79.9.